The van der Waals surface area contributed by atoms with Crippen molar-refractivity contribution in [2.24, 2.45) is 5.92 Å². The summed E-state index contributed by atoms with van der Waals surface area (Å²) in [6.07, 6.45) is 4.56. The Kier molecular flexibility index (Phi) is 9.06. The first-order valence-corrected chi connectivity index (χ1v) is 9.95. The zero-order valence-corrected chi connectivity index (χ0v) is 15.9. The third-order valence-corrected chi connectivity index (χ3v) is 3.35. The second-order valence-corrected chi connectivity index (χ2v) is 7.24. The molecule has 0 amide bonds. The number of benzene rings is 1. The molecule has 1 aromatic heterocycles. The van der Waals surface area contributed by atoms with Gasteiger partial charge in [0.15, 0.2) is 24.9 Å². The van der Waals surface area contributed by atoms with Crippen LogP contribution in [0.1, 0.15) is 5.56 Å². The summed E-state index contributed by atoms with van der Waals surface area (Å²) in [5.41, 5.74) is 0.643. The minimum absolute atomic E-state index is 0.0508. The number of aliphatic carboxylic acids is 2. The van der Waals surface area contributed by atoms with Crippen LogP contribution in [-0.2, 0) is 32.7 Å². The van der Waals surface area contributed by atoms with Crippen LogP contribution >= 0.6 is 0 Å². The molecular weight excluding hydrogens is 390 g/mol. The molecule has 0 spiro atoms. The van der Waals surface area contributed by atoms with Crippen LogP contribution in [0.25, 0.3) is 0 Å². The Balaban J connectivity index is 0.000000696. The standard InChI is InChI=1S/C17H17NO5.CH4O3S/c19-16(20)15(17(21)22)12-13-4-6-14(7-5-13)23-11-10-18-8-2-1-3-9-18;1-5(2,3)4/h1-9,15H,10-12H2,(H-,19,20,21,22);1H3,(H,2,3,4)/p+1. The monoisotopic (exact) mass is 412 g/mol. The Bertz CT molecular complexity index is 844. The van der Waals surface area contributed by atoms with E-state index < -0.39 is 28.0 Å². The van der Waals surface area contributed by atoms with Gasteiger partial charge in [0.2, 0.25) is 0 Å². The highest BCUT2D eigenvalue weighted by Crippen LogP contribution is 2.15. The highest BCUT2D eigenvalue weighted by atomic mass is 32.2. The Morgan fingerprint density at radius 3 is 2.00 bits per heavy atom. The van der Waals surface area contributed by atoms with Gasteiger partial charge in [0.1, 0.15) is 12.4 Å². The molecule has 0 unspecified atom stereocenters. The number of pyridine rings is 1. The first kappa shape index (κ1) is 23.1. The fraction of sp³-hybridized carbons (Fsp3) is 0.278. The average molecular weight is 412 g/mol. The van der Waals surface area contributed by atoms with Crippen LogP contribution in [0.5, 0.6) is 5.75 Å². The lowest BCUT2D eigenvalue weighted by molar-refractivity contribution is -0.697. The van der Waals surface area contributed by atoms with Crippen LogP contribution in [0.3, 0.4) is 0 Å². The molecule has 2 aromatic rings. The van der Waals surface area contributed by atoms with Crippen LogP contribution in [0.2, 0.25) is 0 Å². The van der Waals surface area contributed by atoms with Crippen molar-refractivity contribution in [3.63, 3.8) is 0 Å². The van der Waals surface area contributed by atoms with Gasteiger partial charge in [-0.2, -0.15) is 8.42 Å². The molecule has 0 saturated carbocycles. The lowest BCUT2D eigenvalue weighted by atomic mass is 10.00. The number of carbonyl (C=O) groups is 2. The predicted molar refractivity (Wildman–Crippen MR) is 98.5 cm³/mol. The molecule has 9 nitrogen and oxygen atoms in total. The fourth-order valence-corrected chi connectivity index (χ4v) is 2.09. The number of hydrogen-bond acceptors (Lipinski definition) is 5. The molecule has 1 heterocycles. The molecule has 10 heteroatoms. The smallest absolute Gasteiger partial charge is 0.318 e. The van der Waals surface area contributed by atoms with Gasteiger partial charge in [-0.05, 0) is 24.1 Å². The van der Waals surface area contributed by atoms with Gasteiger partial charge in [-0.25, -0.2) is 4.57 Å². The number of nitrogens with zero attached hydrogens (tertiary/aromatic N) is 1. The molecular formula is C18H22NO8S+. The maximum absolute atomic E-state index is 10.9. The van der Waals surface area contributed by atoms with E-state index in [1.807, 2.05) is 35.2 Å². The number of hydrogen-bond donors (Lipinski definition) is 3. The molecule has 0 fully saturated rings. The van der Waals surface area contributed by atoms with Gasteiger partial charge < -0.3 is 14.9 Å². The number of carboxylic acids is 2. The molecule has 0 saturated heterocycles. The minimum atomic E-state index is -3.67. The maximum Gasteiger partial charge on any atom is 0.318 e. The van der Waals surface area contributed by atoms with Crippen molar-refractivity contribution < 1.29 is 42.1 Å². The van der Waals surface area contributed by atoms with E-state index in [2.05, 4.69) is 0 Å². The van der Waals surface area contributed by atoms with E-state index >= 15 is 0 Å². The predicted octanol–water partition coefficient (Wildman–Crippen LogP) is 0.885. The van der Waals surface area contributed by atoms with Crippen molar-refractivity contribution in [2.45, 2.75) is 13.0 Å². The van der Waals surface area contributed by atoms with Crippen molar-refractivity contribution in [2.75, 3.05) is 12.9 Å². The number of aromatic nitrogens is 1. The summed E-state index contributed by atoms with van der Waals surface area (Å²) in [5, 5.41) is 17.8. The second-order valence-electron chi connectivity index (χ2n) is 5.77. The number of carboxylic acid groups (broad SMARTS) is 2. The lowest BCUT2D eigenvalue weighted by Gasteiger charge is -2.09. The van der Waals surface area contributed by atoms with E-state index in [1.165, 1.54) is 0 Å². The van der Waals surface area contributed by atoms with Gasteiger partial charge in [-0.1, -0.05) is 18.2 Å². The van der Waals surface area contributed by atoms with E-state index in [9.17, 15) is 18.0 Å². The normalized spacial score (nSPS) is 10.7. The van der Waals surface area contributed by atoms with Gasteiger partial charge in [0.05, 0.1) is 6.26 Å². The Morgan fingerprint density at radius 2 is 1.54 bits per heavy atom. The quantitative estimate of drug-likeness (QED) is 0.330. The van der Waals surface area contributed by atoms with Crippen molar-refractivity contribution >= 4 is 22.1 Å². The molecule has 0 aliphatic heterocycles. The molecule has 1 aromatic carbocycles. The third-order valence-electron chi connectivity index (χ3n) is 3.35. The van der Waals surface area contributed by atoms with E-state index in [0.717, 1.165) is 0 Å². The molecule has 3 N–H and O–H groups in total. The van der Waals surface area contributed by atoms with Gasteiger partial charge in [0, 0.05) is 12.1 Å². The second kappa shape index (κ2) is 11.0. The highest BCUT2D eigenvalue weighted by molar-refractivity contribution is 7.85. The number of ether oxygens (including phenoxy) is 1. The Hall–Kier alpha value is -2.98. The van der Waals surface area contributed by atoms with Crippen molar-refractivity contribution in [3.05, 3.63) is 60.4 Å². The van der Waals surface area contributed by atoms with Crippen LogP contribution in [-0.4, -0.2) is 48.0 Å². The van der Waals surface area contributed by atoms with Crippen molar-refractivity contribution in [1.29, 1.82) is 0 Å². The highest BCUT2D eigenvalue weighted by Gasteiger charge is 2.25. The summed E-state index contributed by atoms with van der Waals surface area (Å²) in [4.78, 5) is 21.8. The van der Waals surface area contributed by atoms with Gasteiger partial charge in [-0.15, -0.1) is 0 Å². The average Bonchev–Trinajstić information content (AvgIpc) is 2.60. The molecule has 2 rings (SSSR count). The van der Waals surface area contributed by atoms with E-state index in [0.29, 0.717) is 30.7 Å². The summed E-state index contributed by atoms with van der Waals surface area (Å²) >= 11 is 0. The fourth-order valence-electron chi connectivity index (χ4n) is 2.09. The van der Waals surface area contributed by atoms with Gasteiger partial charge >= 0.3 is 11.9 Å². The zero-order chi connectivity index (χ0) is 21.2. The summed E-state index contributed by atoms with van der Waals surface area (Å²) in [5.74, 6) is -3.45. The van der Waals surface area contributed by atoms with Crippen molar-refractivity contribution in [1.82, 2.24) is 0 Å². The zero-order valence-electron chi connectivity index (χ0n) is 15.1. The molecule has 0 aliphatic carbocycles. The minimum Gasteiger partial charge on any atom is -0.487 e. The molecule has 28 heavy (non-hydrogen) atoms. The summed E-state index contributed by atoms with van der Waals surface area (Å²) in [7, 11) is -3.67. The summed E-state index contributed by atoms with van der Waals surface area (Å²) in [6, 6.07) is 12.6. The van der Waals surface area contributed by atoms with E-state index in [4.69, 9.17) is 19.5 Å². The van der Waals surface area contributed by atoms with Crippen LogP contribution in [0.4, 0.5) is 0 Å². The first-order chi connectivity index (χ1) is 13.1. The summed E-state index contributed by atoms with van der Waals surface area (Å²) < 4.78 is 33.5. The SMILES string of the molecule is CS(=O)(=O)O.O=C(O)C(Cc1ccc(OCC[n+]2ccccc2)cc1)C(=O)O. The van der Waals surface area contributed by atoms with Gasteiger partial charge in [-0.3, -0.25) is 14.1 Å². The van der Waals surface area contributed by atoms with Crippen LogP contribution < -0.4 is 9.30 Å². The third kappa shape index (κ3) is 10.2. The maximum atomic E-state index is 10.9. The Labute approximate surface area is 162 Å². The lowest BCUT2D eigenvalue weighted by Crippen LogP contribution is -2.35. The molecule has 0 radical (unpaired) electrons. The largest absolute Gasteiger partial charge is 0.487 e. The van der Waals surface area contributed by atoms with Crippen LogP contribution in [0.15, 0.2) is 54.9 Å². The first-order valence-electron chi connectivity index (χ1n) is 8.10. The molecule has 0 aliphatic rings. The Morgan fingerprint density at radius 1 is 1.04 bits per heavy atom. The van der Waals surface area contributed by atoms with Gasteiger partial charge in [0.25, 0.3) is 10.1 Å². The number of rotatable bonds is 8. The summed E-state index contributed by atoms with van der Waals surface area (Å²) in [6.45, 7) is 1.21. The molecule has 152 valence electrons. The van der Waals surface area contributed by atoms with Crippen molar-refractivity contribution in [3.8, 4) is 5.75 Å². The van der Waals surface area contributed by atoms with E-state index in [-0.39, 0.29) is 6.42 Å². The van der Waals surface area contributed by atoms with E-state index in [1.54, 1.807) is 24.3 Å². The topological polar surface area (TPSA) is 142 Å². The molecule has 0 bridgehead atoms. The van der Waals surface area contributed by atoms with Crippen LogP contribution in [0, 0.1) is 5.92 Å². The molecule has 0 atom stereocenters.